The van der Waals surface area contributed by atoms with Crippen LogP contribution in [-0.4, -0.2) is 0 Å². The summed E-state index contributed by atoms with van der Waals surface area (Å²) in [6.45, 7) is 1.94. The van der Waals surface area contributed by atoms with Crippen LogP contribution in [0.3, 0.4) is 0 Å². The quantitative estimate of drug-likeness (QED) is 0.707. The van der Waals surface area contributed by atoms with Gasteiger partial charge in [0.2, 0.25) is 9.90 Å². The number of halogens is 3. The van der Waals surface area contributed by atoms with Crippen molar-refractivity contribution in [3.05, 3.63) is 39.7 Å². The van der Waals surface area contributed by atoms with Crippen LogP contribution in [0.4, 0.5) is 8.78 Å². The Kier molecular flexibility index (Phi) is 3.93. The molecule has 0 fully saturated rings. The highest BCUT2D eigenvalue weighted by Gasteiger charge is 2.04. The molecule has 0 heterocycles. The predicted octanol–water partition coefficient (Wildman–Crippen LogP) is 4.55. The minimum Gasteiger partial charge on any atom is -0.195 e. The average molecular weight is 265 g/mol. The molecule has 1 rings (SSSR count). The summed E-state index contributed by atoms with van der Waals surface area (Å²) in [5.74, 6) is 0. The van der Waals surface area contributed by atoms with E-state index >= 15 is 0 Å². The molecule has 0 atom stereocenters. The molecular weight excluding hydrogens is 258 g/mol. The first kappa shape index (κ1) is 10.7. The molecule has 0 aliphatic carbocycles. The van der Waals surface area contributed by atoms with Crippen molar-refractivity contribution in [3.8, 4) is 0 Å². The lowest BCUT2D eigenvalue weighted by Gasteiger charge is -1.98. The third-order valence-corrected chi connectivity index (χ3v) is 2.85. The zero-order chi connectivity index (χ0) is 9.84. The minimum absolute atomic E-state index is 0.678. The molecule has 0 saturated carbocycles. The van der Waals surface area contributed by atoms with Gasteiger partial charge in [-0.3, -0.25) is 0 Å². The second-order valence-electron chi connectivity index (χ2n) is 2.45. The first-order valence-corrected chi connectivity index (χ1v) is 5.16. The average Bonchev–Trinajstić information content (AvgIpc) is 2.08. The number of aryl methyl sites for hydroxylation is 1. The van der Waals surface area contributed by atoms with Gasteiger partial charge in [0, 0.05) is 4.90 Å². The van der Waals surface area contributed by atoms with Crippen molar-refractivity contribution in [1.29, 1.82) is 0 Å². The lowest BCUT2D eigenvalue weighted by Crippen LogP contribution is -1.73. The molecule has 1 aromatic rings. The smallest absolute Gasteiger partial charge is 0.195 e. The van der Waals surface area contributed by atoms with Crippen molar-refractivity contribution in [3.63, 3.8) is 0 Å². The Bertz CT molecular complexity index is 315. The van der Waals surface area contributed by atoms with Crippen LogP contribution in [0.15, 0.2) is 39.1 Å². The highest BCUT2D eigenvalue weighted by molar-refractivity contribution is 9.11. The van der Waals surface area contributed by atoms with E-state index in [2.05, 4.69) is 15.9 Å². The largest absolute Gasteiger partial charge is 0.208 e. The number of hydrogen-bond acceptors (Lipinski definition) is 1. The monoisotopic (exact) mass is 264 g/mol. The standard InChI is InChI=1S/C9H7BrF2S/c1-6-2-4-7(5-3-6)13-9(12)8(10)11/h2-5H,1H3/b9-8+. The molecular formula is C9H7BrF2S. The molecule has 0 spiro atoms. The second kappa shape index (κ2) is 4.77. The highest BCUT2D eigenvalue weighted by Crippen LogP contribution is 2.32. The maximum absolute atomic E-state index is 12.7. The van der Waals surface area contributed by atoms with Gasteiger partial charge in [0.1, 0.15) is 0 Å². The zero-order valence-corrected chi connectivity index (χ0v) is 9.25. The summed E-state index contributed by atoms with van der Waals surface area (Å²) >= 11 is 3.18. The van der Waals surface area contributed by atoms with Gasteiger partial charge < -0.3 is 0 Å². The fourth-order valence-corrected chi connectivity index (χ4v) is 1.55. The molecule has 0 amide bonds. The molecule has 0 bridgehead atoms. The Morgan fingerprint density at radius 2 is 1.77 bits per heavy atom. The molecule has 0 nitrogen and oxygen atoms in total. The van der Waals surface area contributed by atoms with Crippen LogP contribution in [0.5, 0.6) is 0 Å². The van der Waals surface area contributed by atoms with Gasteiger partial charge >= 0.3 is 0 Å². The Balaban J connectivity index is 2.76. The van der Waals surface area contributed by atoms with E-state index in [-0.39, 0.29) is 0 Å². The van der Waals surface area contributed by atoms with Gasteiger partial charge in [0.25, 0.3) is 0 Å². The number of rotatable bonds is 2. The summed E-state index contributed by atoms with van der Waals surface area (Å²) in [7, 11) is 0. The van der Waals surface area contributed by atoms with Crippen molar-refractivity contribution in [2.45, 2.75) is 11.8 Å². The van der Waals surface area contributed by atoms with Crippen molar-refractivity contribution >= 4 is 27.7 Å². The Labute approximate surface area is 88.2 Å². The van der Waals surface area contributed by atoms with E-state index < -0.39 is 9.90 Å². The topological polar surface area (TPSA) is 0 Å². The molecule has 13 heavy (non-hydrogen) atoms. The summed E-state index contributed by atoms with van der Waals surface area (Å²) < 4.78 is 24.0. The van der Waals surface area contributed by atoms with Crippen LogP contribution in [0.2, 0.25) is 0 Å². The van der Waals surface area contributed by atoms with Crippen LogP contribution in [0.25, 0.3) is 0 Å². The minimum atomic E-state index is -0.960. The summed E-state index contributed by atoms with van der Waals surface area (Å²) in [4.78, 5) is 0.678. The van der Waals surface area contributed by atoms with Crippen molar-refractivity contribution < 1.29 is 8.78 Å². The molecule has 0 radical (unpaired) electrons. The van der Waals surface area contributed by atoms with Gasteiger partial charge in [0.05, 0.1) is 0 Å². The van der Waals surface area contributed by atoms with Crippen LogP contribution in [0, 0.1) is 6.92 Å². The number of hydrogen-bond donors (Lipinski definition) is 0. The van der Waals surface area contributed by atoms with Crippen molar-refractivity contribution in [2.24, 2.45) is 0 Å². The summed E-state index contributed by atoms with van der Waals surface area (Å²) in [5.41, 5.74) is 1.09. The number of thioether (sulfide) groups is 1. The van der Waals surface area contributed by atoms with Crippen LogP contribution >= 0.6 is 27.7 Å². The van der Waals surface area contributed by atoms with Gasteiger partial charge in [-0.1, -0.05) is 29.5 Å². The van der Waals surface area contributed by atoms with Crippen LogP contribution in [0.1, 0.15) is 5.56 Å². The van der Waals surface area contributed by atoms with E-state index in [0.717, 1.165) is 17.3 Å². The molecule has 0 aliphatic heterocycles. The zero-order valence-electron chi connectivity index (χ0n) is 6.85. The molecule has 4 heteroatoms. The molecule has 0 unspecified atom stereocenters. The predicted molar refractivity (Wildman–Crippen MR) is 55.2 cm³/mol. The van der Waals surface area contributed by atoms with E-state index in [1.54, 1.807) is 12.1 Å². The van der Waals surface area contributed by atoms with Crippen molar-refractivity contribution in [1.82, 2.24) is 0 Å². The Morgan fingerprint density at radius 3 is 2.23 bits per heavy atom. The normalized spacial score (nSPS) is 12.6. The van der Waals surface area contributed by atoms with E-state index in [0.29, 0.717) is 4.90 Å². The van der Waals surface area contributed by atoms with Gasteiger partial charge in [-0.25, -0.2) is 0 Å². The summed E-state index contributed by atoms with van der Waals surface area (Å²) in [6, 6.07) is 7.19. The maximum Gasteiger partial charge on any atom is 0.208 e. The third kappa shape index (κ3) is 3.48. The Morgan fingerprint density at radius 1 is 1.23 bits per heavy atom. The molecule has 0 aliphatic rings. The van der Waals surface area contributed by atoms with Crippen LogP contribution < -0.4 is 0 Å². The van der Waals surface area contributed by atoms with Crippen LogP contribution in [-0.2, 0) is 0 Å². The molecule has 1 aromatic carbocycles. The SMILES string of the molecule is Cc1ccc(S/C(F)=C(/F)Br)cc1. The molecule has 0 aromatic heterocycles. The van der Waals surface area contributed by atoms with Crippen molar-refractivity contribution in [2.75, 3.05) is 0 Å². The first-order valence-electron chi connectivity index (χ1n) is 3.55. The van der Waals surface area contributed by atoms with E-state index in [1.807, 2.05) is 19.1 Å². The second-order valence-corrected chi connectivity index (χ2v) is 4.18. The maximum atomic E-state index is 12.7. The van der Waals surface area contributed by atoms with Gasteiger partial charge in [0.15, 0.2) is 0 Å². The van der Waals surface area contributed by atoms with Gasteiger partial charge in [-0.2, -0.15) is 8.78 Å². The van der Waals surface area contributed by atoms with E-state index in [1.165, 1.54) is 0 Å². The summed E-state index contributed by atoms with van der Waals surface area (Å²) in [5, 5.41) is -0.858. The first-order chi connectivity index (χ1) is 6.09. The number of benzene rings is 1. The third-order valence-electron chi connectivity index (χ3n) is 1.38. The van der Waals surface area contributed by atoms with E-state index in [9.17, 15) is 8.78 Å². The highest BCUT2D eigenvalue weighted by atomic mass is 79.9. The lowest BCUT2D eigenvalue weighted by atomic mass is 10.2. The lowest BCUT2D eigenvalue weighted by molar-refractivity contribution is 0.619. The van der Waals surface area contributed by atoms with Gasteiger partial charge in [-0.15, -0.1) is 0 Å². The molecule has 70 valence electrons. The fourth-order valence-electron chi connectivity index (χ4n) is 0.748. The fraction of sp³-hybridized carbons (Fsp3) is 0.111. The van der Waals surface area contributed by atoms with Gasteiger partial charge in [-0.05, 0) is 35.0 Å². The Hall–Kier alpha value is -0.350. The summed E-state index contributed by atoms with van der Waals surface area (Å²) in [6.07, 6.45) is 0. The molecule has 0 saturated heterocycles. The van der Waals surface area contributed by atoms with E-state index in [4.69, 9.17) is 0 Å². The molecule has 0 N–H and O–H groups in total.